The minimum Gasteiger partial charge on any atom is -0.362 e. The van der Waals surface area contributed by atoms with Gasteiger partial charge in [-0.1, -0.05) is 30.3 Å². The smallest absolute Gasteiger partial charge is 0.259 e. The SMILES string of the molecule is C/C(=N/NC(=O)CN1CCCc2ccccc21)c1cccc(N2CCCC2=O)c1. The Kier molecular flexibility index (Phi) is 5.60. The molecule has 2 aliphatic rings. The summed E-state index contributed by atoms with van der Waals surface area (Å²) in [6.45, 7) is 3.78. The molecule has 2 aromatic rings. The van der Waals surface area contributed by atoms with Gasteiger partial charge in [0.1, 0.15) is 0 Å². The normalized spacial score (nSPS) is 16.7. The number of carbonyl (C=O) groups is 2. The lowest BCUT2D eigenvalue weighted by Crippen LogP contribution is -2.38. The van der Waals surface area contributed by atoms with E-state index in [2.05, 4.69) is 27.6 Å². The molecular weight excluding hydrogens is 364 g/mol. The van der Waals surface area contributed by atoms with Crippen LogP contribution in [-0.4, -0.2) is 37.2 Å². The van der Waals surface area contributed by atoms with Crippen molar-refractivity contribution < 1.29 is 9.59 Å². The number of hydrazone groups is 1. The largest absolute Gasteiger partial charge is 0.362 e. The van der Waals surface area contributed by atoms with Gasteiger partial charge >= 0.3 is 0 Å². The Labute approximate surface area is 171 Å². The molecule has 150 valence electrons. The molecule has 4 rings (SSSR count). The summed E-state index contributed by atoms with van der Waals surface area (Å²) in [6, 6.07) is 16.0. The molecule has 0 bridgehead atoms. The van der Waals surface area contributed by atoms with Crippen molar-refractivity contribution >= 4 is 28.9 Å². The lowest BCUT2D eigenvalue weighted by molar-refractivity contribution is -0.120. The van der Waals surface area contributed by atoms with Gasteiger partial charge in [0.15, 0.2) is 0 Å². The highest BCUT2D eigenvalue weighted by atomic mass is 16.2. The first-order valence-corrected chi connectivity index (χ1v) is 10.2. The number of nitrogens with zero attached hydrogens (tertiary/aromatic N) is 3. The molecule has 1 N–H and O–H groups in total. The number of fused-ring (bicyclic) bond motifs is 1. The lowest BCUT2D eigenvalue weighted by Gasteiger charge is -2.30. The lowest BCUT2D eigenvalue weighted by atomic mass is 10.0. The first-order chi connectivity index (χ1) is 14.1. The molecule has 0 aromatic heterocycles. The molecule has 0 unspecified atom stereocenters. The Morgan fingerprint density at radius 3 is 2.72 bits per heavy atom. The molecule has 2 aliphatic heterocycles. The second-order valence-corrected chi connectivity index (χ2v) is 7.59. The molecule has 0 aliphatic carbocycles. The van der Waals surface area contributed by atoms with Crippen molar-refractivity contribution in [3.8, 4) is 0 Å². The summed E-state index contributed by atoms with van der Waals surface area (Å²) < 4.78 is 0. The van der Waals surface area contributed by atoms with Crippen molar-refractivity contribution in [1.82, 2.24) is 5.43 Å². The van der Waals surface area contributed by atoms with Gasteiger partial charge in [0.25, 0.3) is 5.91 Å². The van der Waals surface area contributed by atoms with Crippen molar-refractivity contribution in [3.05, 3.63) is 59.7 Å². The van der Waals surface area contributed by atoms with Crippen LogP contribution in [0.25, 0.3) is 0 Å². The van der Waals surface area contributed by atoms with Crippen LogP contribution in [0.3, 0.4) is 0 Å². The summed E-state index contributed by atoms with van der Waals surface area (Å²) in [4.78, 5) is 28.4. The zero-order chi connectivity index (χ0) is 20.2. The number of rotatable bonds is 5. The monoisotopic (exact) mass is 390 g/mol. The Morgan fingerprint density at radius 1 is 1.07 bits per heavy atom. The first kappa shape index (κ1) is 19.2. The molecule has 6 heteroatoms. The summed E-state index contributed by atoms with van der Waals surface area (Å²) in [5, 5.41) is 4.29. The molecule has 2 aromatic carbocycles. The fourth-order valence-corrected chi connectivity index (χ4v) is 4.02. The van der Waals surface area contributed by atoms with E-state index in [-0.39, 0.29) is 18.4 Å². The summed E-state index contributed by atoms with van der Waals surface area (Å²) in [7, 11) is 0. The third-order valence-corrected chi connectivity index (χ3v) is 5.54. The second kappa shape index (κ2) is 8.47. The maximum absolute atomic E-state index is 12.5. The van der Waals surface area contributed by atoms with Gasteiger partial charge in [-0.3, -0.25) is 9.59 Å². The highest BCUT2D eigenvalue weighted by molar-refractivity contribution is 6.02. The number of para-hydroxylation sites is 1. The van der Waals surface area contributed by atoms with E-state index >= 15 is 0 Å². The Bertz CT molecular complexity index is 953. The van der Waals surface area contributed by atoms with E-state index in [0.717, 1.165) is 49.3 Å². The van der Waals surface area contributed by atoms with Crippen LogP contribution >= 0.6 is 0 Å². The Hall–Kier alpha value is -3.15. The fourth-order valence-electron chi connectivity index (χ4n) is 4.02. The van der Waals surface area contributed by atoms with E-state index in [4.69, 9.17) is 0 Å². The van der Waals surface area contributed by atoms with Crippen LogP contribution in [-0.2, 0) is 16.0 Å². The van der Waals surface area contributed by atoms with E-state index in [1.807, 2.05) is 48.2 Å². The quantitative estimate of drug-likeness (QED) is 0.630. The van der Waals surface area contributed by atoms with E-state index in [9.17, 15) is 9.59 Å². The molecule has 29 heavy (non-hydrogen) atoms. The molecule has 2 heterocycles. The topological polar surface area (TPSA) is 65.0 Å². The van der Waals surface area contributed by atoms with E-state index in [1.54, 1.807) is 0 Å². The number of carbonyl (C=O) groups excluding carboxylic acids is 2. The number of nitrogens with one attached hydrogen (secondary N) is 1. The number of amides is 2. The standard InChI is InChI=1S/C23H26N4O2/c1-17(19-8-4-10-20(15-19)27-14-6-12-23(27)29)24-25-22(28)16-26-13-5-9-18-7-2-3-11-21(18)26/h2-4,7-8,10-11,15H,5-6,9,12-14,16H2,1H3,(H,25,28)/b24-17-. The summed E-state index contributed by atoms with van der Waals surface area (Å²) in [6.07, 6.45) is 3.61. The van der Waals surface area contributed by atoms with Gasteiger partial charge in [-0.15, -0.1) is 0 Å². The third-order valence-electron chi connectivity index (χ3n) is 5.54. The van der Waals surface area contributed by atoms with Crippen LogP contribution in [0.2, 0.25) is 0 Å². The highest BCUT2D eigenvalue weighted by Crippen LogP contribution is 2.26. The van der Waals surface area contributed by atoms with Crippen LogP contribution in [0.1, 0.15) is 37.3 Å². The minimum absolute atomic E-state index is 0.132. The predicted molar refractivity (Wildman–Crippen MR) is 115 cm³/mol. The number of benzene rings is 2. The fraction of sp³-hybridized carbons (Fsp3) is 0.348. The van der Waals surface area contributed by atoms with Gasteiger partial charge in [-0.2, -0.15) is 5.10 Å². The number of hydrogen-bond donors (Lipinski definition) is 1. The van der Waals surface area contributed by atoms with Gasteiger partial charge in [0, 0.05) is 30.9 Å². The third kappa shape index (κ3) is 4.31. The van der Waals surface area contributed by atoms with Gasteiger partial charge in [0.05, 0.1) is 12.3 Å². The van der Waals surface area contributed by atoms with Crippen LogP contribution in [0.4, 0.5) is 11.4 Å². The second-order valence-electron chi connectivity index (χ2n) is 7.59. The highest BCUT2D eigenvalue weighted by Gasteiger charge is 2.22. The molecule has 1 fully saturated rings. The van der Waals surface area contributed by atoms with Crippen LogP contribution < -0.4 is 15.2 Å². The van der Waals surface area contributed by atoms with Crippen molar-refractivity contribution in [2.24, 2.45) is 5.10 Å². The molecular formula is C23H26N4O2. The van der Waals surface area contributed by atoms with Gasteiger partial charge in [-0.25, -0.2) is 5.43 Å². The van der Waals surface area contributed by atoms with Crippen molar-refractivity contribution in [3.63, 3.8) is 0 Å². The molecule has 0 atom stereocenters. The molecule has 1 saturated heterocycles. The number of anilines is 2. The molecule has 6 nitrogen and oxygen atoms in total. The van der Waals surface area contributed by atoms with E-state index < -0.39 is 0 Å². The van der Waals surface area contributed by atoms with Crippen molar-refractivity contribution in [2.75, 3.05) is 29.4 Å². The zero-order valence-electron chi connectivity index (χ0n) is 16.7. The Balaban J connectivity index is 1.40. The average Bonchev–Trinajstić information content (AvgIpc) is 3.18. The average molecular weight is 390 g/mol. The van der Waals surface area contributed by atoms with Gasteiger partial charge < -0.3 is 9.80 Å². The van der Waals surface area contributed by atoms with Gasteiger partial charge in [0.2, 0.25) is 5.91 Å². The van der Waals surface area contributed by atoms with Crippen LogP contribution in [0, 0.1) is 0 Å². The van der Waals surface area contributed by atoms with Crippen molar-refractivity contribution in [2.45, 2.75) is 32.6 Å². The van der Waals surface area contributed by atoms with Crippen LogP contribution in [0.15, 0.2) is 53.6 Å². The van der Waals surface area contributed by atoms with Crippen molar-refractivity contribution in [1.29, 1.82) is 0 Å². The first-order valence-electron chi connectivity index (χ1n) is 10.2. The molecule has 2 amide bonds. The molecule has 0 radical (unpaired) electrons. The molecule has 0 spiro atoms. The zero-order valence-corrected chi connectivity index (χ0v) is 16.7. The van der Waals surface area contributed by atoms with Gasteiger partial charge in [-0.05, 0) is 55.5 Å². The summed E-state index contributed by atoms with van der Waals surface area (Å²) in [5.74, 6) is 0.0267. The maximum atomic E-state index is 12.5. The minimum atomic E-state index is -0.132. The maximum Gasteiger partial charge on any atom is 0.259 e. The summed E-state index contributed by atoms with van der Waals surface area (Å²) in [5.41, 5.74) is 7.60. The Morgan fingerprint density at radius 2 is 1.90 bits per heavy atom. The van der Waals surface area contributed by atoms with Crippen LogP contribution in [0.5, 0.6) is 0 Å². The predicted octanol–water partition coefficient (Wildman–Crippen LogP) is 3.11. The summed E-state index contributed by atoms with van der Waals surface area (Å²) >= 11 is 0. The van der Waals surface area contributed by atoms with E-state index in [0.29, 0.717) is 12.1 Å². The number of hydrogen-bond acceptors (Lipinski definition) is 4. The number of aryl methyl sites for hydroxylation is 1. The van der Waals surface area contributed by atoms with E-state index in [1.165, 1.54) is 5.56 Å². The molecule has 0 saturated carbocycles.